The van der Waals surface area contributed by atoms with Crippen molar-refractivity contribution in [1.29, 1.82) is 0 Å². The van der Waals surface area contributed by atoms with Crippen molar-refractivity contribution in [1.82, 2.24) is 15.1 Å². The van der Waals surface area contributed by atoms with Gasteiger partial charge in [0, 0.05) is 12.2 Å². The van der Waals surface area contributed by atoms with Crippen LogP contribution in [-0.4, -0.2) is 27.8 Å². The Balaban J connectivity index is 0.00000176. The van der Waals surface area contributed by atoms with Crippen LogP contribution < -0.4 is 10.6 Å². The molecule has 3 unspecified atom stereocenters. The van der Waals surface area contributed by atoms with Gasteiger partial charge in [0.1, 0.15) is 0 Å². The Morgan fingerprint density at radius 2 is 2.09 bits per heavy atom. The zero-order valence-electron chi connectivity index (χ0n) is 13.6. The Bertz CT molecular complexity index is 508. The molecule has 3 atom stereocenters. The standard InChI is InChI=1S/C16H26N4O.ClH/c1-16(2,3)20-10-12(9-17-20)18-15(21)14-8-11-6-4-5-7-13(11)19-14;/h9-11,13-14,19H,4-8H2,1-3H3,(H,18,21);1H. The van der Waals surface area contributed by atoms with Gasteiger partial charge in [-0.05, 0) is 46.0 Å². The van der Waals surface area contributed by atoms with E-state index in [0.29, 0.717) is 12.0 Å². The summed E-state index contributed by atoms with van der Waals surface area (Å²) in [6.45, 7) is 6.28. The van der Waals surface area contributed by atoms with E-state index in [1.54, 1.807) is 6.20 Å². The minimum absolute atomic E-state index is 0. The summed E-state index contributed by atoms with van der Waals surface area (Å²) in [5, 5.41) is 10.8. The lowest BCUT2D eigenvalue weighted by Gasteiger charge is -2.24. The van der Waals surface area contributed by atoms with Crippen LogP contribution in [0.4, 0.5) is 5.69 Å². The highest BCUT2D eigenvalue weighted by Crippen LogP contribution is 2.33. The molecule has 124 valence electrons. The number of carbonyl (C=O) groups is 1. The molecular formula is C16H27ClN4O. The maximum Gasteiger partial charge on any atom is 0.241 e. The maximum absolute atomic E-state index is 12.4. The molecule has 6 heteroatoms. The Morgan fingerprint density at radius 3 is 2.73 bits per heavy atom. The number of halogens is 1. The summed E-state index contributed by atoms with van der Waals surface area (Å²) in [7, 11) is 0. The Labute approximate surface area is 138 Å². The monoisotopic (exact) mass is 326 g/mol. The van der Waals surface area contributed by atoms with Crippen molar-refractivity contribution < 1.29 is 4.79 Å². The van der Waals surface area contributed by atoms with Crippen LogP contribution in [0.3, 0.4) is 0 Å². The van der Waals surface area contributed by atoms with Gasteiger partial charge in [0.2, 0.25) is 5.91 Å². The summed E-state index contributed by atoms with van der Waals surface area (Å²) in [5.41, 5.74) is 0.718. The molecule has 22 heavy (non-hydrogen) atoms. The lowest BCUT2D eigenvalue weighted by molar-refractivity contribution is -0.117. The van der Waals surface area contributed by atoms with Gasteiger partial charge in [0.15, 0.2) is 0 Å². The SMILES string of the molecule is CC(C)(C)n1cc(NC(=O)C2CC3CCCCC3N2)cn1.Cl. The quantitative estimate of drug-likeness (QED) is 0.878. The number of anilines is 1. The number of nitrogens with one attached hydrogen (secondary N) is 2. The first-order valence-corrected chi connectivity index (χ1v) is 8.05. The lowest BCUT2D eigenvalue weighted by Crippen LogP contribution is -2.39. The molecule has 0 aromatic carbocycles. The second kappa shape index (κ2) is 6.59. The van der Waals surface area contributed by atoms with E-state index < -0.39 is 0 Å². The van der Waals surface area contributed by atoms with Crippen molar-refractivity contribution in [3.8, 4) is 0 Å². The number of hydrogen-bond acceptors (Lipinski definition) is 3. The Hall–Kier alpha value is -1.07. The van der Waals surface area contributed by atoms with E-state index in [2.05, 4.69) is 36.5 Å². The lowest BCUT2D eigenvalue weighted by atomic mass is 9.85. The molecule has 2 heterocycles. The molecule has 2 N–H and O–H groups in total. The van der Waals surface area contributed by atoms with Gasteiger partial charge in [-0.15, -0.1) is 12.4 Å². The molecule has 1 aromatic rings. The molecule has 0 bridgehead atoms. The van der Waals surface area contributed by atoms with Crippen molar-refractivity contribution in [2.45, 2.75) is 70.5 Å². The van der Waals surface area contributed by atoms with Crippen LogP contribution in [0.2, 0.25) is 0 Å². The third-order valence-electron chi connectivity index (χ3n) is 4.72. The van der Waals surface area contributed by atoms with E-state index in [4.69, 9.17) is 0 Å². The van der Waals surface area contributed by atoms with Crippen LogP contribution in [0.1, 0.15) is 52.9 Å². The van der Waals surface area contributed by atoms with E-state index >= 15 is 0 Å². The maximum atomic E-state index is 12.4. The number of rotatable bonds is 2. The first-order valence-electron chi connectivity index (χ1n) is 8.05. The molecule has 0 spiro atoms. The molecule has 3 rings (SSSR count). The fourth-order valence-corrected chi connectivity index (χ4v) is 3.50. The fraction of sp³-hybridized carbons (Fsp3) is 0.750. The van der Waals surface area contributed by atoms with Gasteiger partial charge < -0.3 is 10.6 Å². The summed E-state index contributed by atoms with van der Waals surface area (Å²) in [6.07, 6.45) is 9.70. The molecule has 2 aliphatic rings. The zero-order chi connectivity index (χ0) is 15.0. The largest absolute Gasteiger partial charge is 0.322 e. The minimum atomic E-state index is -0.0659. The van der Waals surface area contributed by atoms with Crippen LogP contribution in [0.5, 0.6) is 0 Å². The highest BCUT2D eigenvalue weighted by Gasteiger charge is 2.38. The molecule has 0 radical (unpaired) electrons. The summed E-state index contributed by atoms with van der Waals surface area (Å²) in [4.78, 5) is 12.4. The summed E-state index contributed by atoms with van der Waals surface area (Å²) >= 11 is 0. The third-order valence-corrected chi connectivity index (χ3v) is 4.72. The van der Waals surface area contributed by atoms with Gasteiger partial charge in [-0.1, -0.05) is 12.8 Å². The van der Waals surface area contributed by atoms with E-state index in [1.807, 2.05) is 10.9 Å². The normalized spacial score (nSPS) is 27.9. The number of hydrogen-bond donors (Lipinski definition) is 2. The van der Waals surface area contributed by atoms with Crippen LogP contribution in [0.25, 0.3) is 0 Å². The predicted molar refractivity (Wildman–Crippen MR) is 90.4 cm³/mol. The zero-order valence-corrected chi connectivity index (χ0v) is 14.4. The van der Waals surface area contributed by atoms with Crippen LogP contribution >= 0.6 is 12.4 Å². The summed E-state index contributed by atoms with van der Waals surface area (Å²) in [5.74, 6) is 0.768. The van der Waals surface area contributed by atoms with E-state index in [0.717, 1.165) is 12.1 Å². The molecule has 2 fully saturated rings. The Morgan fingerprint density at radius 1 is 1.36 bits per heavy atom. The van der Waals surface area contributed by atoms with Crippen molar-refractivity contribution >= 4 is 24.0 Å². The number of aromatic nitrogens is 2. The topological polar surface area (TPSA) is 59.0 Å². The summed E-state index contributed by atoms with van der Waals surface area (Å²) in [6, 6.07) is 0.503. The average Bonchev–Trinajstić information content (AvgIpc) is 3.03. The smallest absolute Gasteiger partial charge is 0.241 e. The van der Waals surface area contributed by atoms with Crippen LogP contribution in [0, 0.1) is 5.92 Å². The second-order valence-corrected chi connectivity index (χ2v) is 7.44. The van der Waals surface area contributed by atoms with Crippen LogP contribution in [0.15, 0.2) is 12.4 Å². The molecular weight excluding hydrogens is 300 g/mol. The number of carbonyl (C=O) groups excluding carboxylic acids is 1. The number of amides is 1. The molecule has 1 amide bonds. The third kappa shape index (κ3) is 3.63. The molecule has 1 saturated heterocycles. The van der Waals surface area contributed by atoms with Crippen molar-refractivity contribution in [3.05, 3.63) is 12.4 Å². The van der Waals surface area contributed by atoms with Crippen molar-refractivity contribution in [2.75, 3.05) is 5.32 Å². The van der Waals surface area contributed by atoms with Gasteiger partial charge in [-0.2, -0.15) is 5.10 Å². The first-order chi connectivity index (χ1) is 9.93. The fourth-order valence-electron chi connectivity index (χ4n) is 3.50. The second-order valence-electron chi connectivity index (χ2n) is 7.44. The minimum Gasteiger partial charge on any atom is -0.322 e. The van der Waals surface area contributed by atoms with Crippen molar-refractivity contribution in [2.24, 2.45) is 5.92 Å². The molecule has 1 saturated carbocycles. The van der Waals surface area contributed by atoms with Gasteiger partial charge in [-0.3, -0.25) is 9.48 Å². The molecule has 1 aliphatic carbocycles. The predicted octanol–water partition coefficient (Wildman–Crippen LogP) is 2.92. The number of nitrogens with zero attached hydrogens (tertiary/aromatic N) is 2. The van der Waals surface area contributed by atoms with E-state index in [1.165, 1.54) is 25.7 Å². The highest BCUT2D eigenvalue weighted by atomic mass is 35.5. The first kappa shape index (κ1) is 17.3. The molecule has 1 aliphatic heterocycles. The molecule has 1 aromatic heterocycles. The number of fused-ring (bicyclic) bond motifs is 1. The van der Waals surface area contributed by atoms with Crippen LogP contribution in [-0.2, 0) is 10.3 Å². The average molecular weight is 327 g/mol. The van der Waals surface area contributed by atoms with E-state index in [-0.39, 0.29) is 29.9 Å². The van der Waals surface area contributed by atoms with Crippen molar-refractivity contribution in [3.63, 3.8) is 0 Å². The molecule has 5 nitrogen and oxygen atoms in total. The van der Waals surface area contributed by atoms with E-state index in [9.17, 15) is 4.79 Å². The van der Waals surface area contributed by atoms with Gasteiger partial charge in [0.25, 0.3) is 0 Å². The Kier molecular flexibility index (Phi) is 5.17. The summed E-state index contributed by atoms with van der Waals surface area (Å²) < 4.78 is 1.88. The van der Waals surface area contributed by atoms with Gasteiger partial charge in [0.05, 0.1) is 23.5 Å². The van der Waals surface area contributed by atoms with Gasteiger partial charge >= 0.3 is 0 Å². The van der Waals surface area contributed by atoms with Gasteiger partial charge in [-0.25, -0.2) is 0 Å². The highest BCUT2D eigenvalue weighted by molar-refractivity contribution is 5.94.